The van der Waals surface area contributed by atoms with Gasteiger partial charge in [-0.25, -0.2) is 21.2 Å². The molecule has 1 aliphatic heterocycles. The first-order chi connectivity index (χ1) is 15.1. The minimum Gasteiger partial charge on any atom is -0.325 e. The normalized spacial score (nSPS) is 15.6. The highest BCUT2D eigenvalue weighted by Crippen LogP contribution is 2.22. The van der Waals surface area contributed by atoms with E-state index in [0.29, 0.717) is 18.8 Å². The zero-order valence-corrected chi connectivity index (χ0v) is 19.3. The fourth-order valence-corrected chi connectivity index (χ4v) is 5.67. The fourth-order valence-electron chi connectivity index (χ4n) is 3.43. The van der Waals surface area contributed by atoms with Crippen LogP contribution in [0.2, 0.25) is 0 Å². The Morgan fingerprint density at radius 3 is 2.22 bits per heavy atom. The first-order valence-corrected chi connectivity index (χ1v) is 13.4. The summed E-state index contributed by atoms with van der Waals surface area (Å²) in [6, 6.07) is 11.5. The molecule has 0 unspecified atom stereocenters. The van der Waals surface area contributed by atoms with Gasteiger partial charge >= 0.3 is 0 Å². The number of hydrogen-bond acceptors (Lipinski definition) is 5. The van der Waals surface area contributed by atoms with Gasteiger partial charge in [0, 0.05) is 30.9 Å². The number of anilines is 1. The summed E-state index contributed by atoms with van der Waals surface area (Å²) in [7, 11) is -7.37. The third-order valence-corrected chi connectivity index (χ3v) is 8.29. The summed E-state index contributed by atoms with van der Waals surface area (Å²) < 4.78 is 65.9. The molecule has 1 N–H and O–H groups in total. The molecule has 174 valence electrons. The Morgan fingerprint density at radius 2 is 1.62 bits per heavy atom. The SMILES string of the molecule is CS(=O)(=O)N(CC(=O)Nc1ccc(S(=O)(=O)N2CCCCC2)cc1)Cc1ccccc1F. The van der Waals surface area contributed by atoms with Crippen LogP contribution in [-0.4, -0.2) is 57.2 Å². The van der Waals surface area contributed by atoms with E-state index >= 15 is 0 Å². The van der Waals surface area contributed by atoms with Gasteiger partial charge in [0.05, 0.1) is 17.7 Å². The Labute approximate surface area is 188 Å². The van der Waals surface area contributed by atoms with Crippen molar-refractivity contribution in [2.75, 3.05) is 31.2 Å². The molecule has 0 aliphatic carbocycles. The van der Waals surface area contributed by atoms with Gasteiger partial charge in [-0.3, -0.25) is 4.79 Å². The van der Waals surface area contributed by atoms with E-state index in [9.17, 15) is 26.0 Å². The molecule has 3 rings (SSSR count). The largest absolute Gasteiger partial charge is 0.325 e. The van der Waals surface area contributed by atoms with Crippen molar-refractivity contribution in [2.24, 2.45) is 0 Å². The van der Waals surface area contributed by atoms with E-state index in [0.717, 1.165) is 29.8 Å². The quantitative estimate of drug-likeness (QED) is 0.621. The Kier molecular flexibility index (Phi) is 7.65. The fraction of sp³-hybridized carbons (Fsp3) is 0.381. The molecule has 32 heavy (non-hydrogen) atoms. The molecule has 1 heterocycles. The Hall–Kier alpha value is -2.34. The maximum atomic E-state index is 13.9. The zero-order valence-electron chi connectivity index (χ0n) is 17.7. The molecule has 8 nitrogen and oxygen atoms in total. The molecule has 1 aliphatic rings. The topological polar surface area (TPSA) is 104 Å². The van der Waals surface area contributed by atoms with Crippen molar-refractivity contribution in [3.63, 3.8) is 0 Å². The monoisotopic (exact) mass is 483 g/mol. The van der Waals surface area contributed by atoms with E-state index in [1.165, 1.54) is 46.8 Å². The highest BCUT2D eigenvalue weighted by atomic mass is 32.2. The van der Waals surface area contributed by atoms with Gasteiger partial charge in [0.15, 0.2) is 0 Å². The van der Waals surface area contributed by atoms with Crippen molar-refractivity contribution in [2.45, 2.75) is 30.7 Å². The summed E-state index contributed by atoms with van der Waals surface area (Å²) >= 11 is 0. The third-order valence-electron chi connectivity index (χ3n) is 5.18. The van der Waals surface area contributed by atoms with Gasteiger partial charge in [0.2, 0.25) is 26.0 Å². The van der Waals surface area contributed by atoms with Crippen LogP contribution in [0.4, 0.5) is 10.1 Å². The van der Waals surface area contributed by atoms with Crippen LogP contribution in [0, 0.1) is 5.82 Å². The molecule has 0 bridgehead atoms. The van der Waals surface area contributed by atoms with Gasteiger partial charge in [-0.05, 0) is 43.2 Å². The van der Waals surface area contributed by atoms with Crippen LogP contribution in [0.5, 0.6) is 0 Å². The van der Waals surface area contributed by atoms with E-state index in [1.54, 1.807) is 6.07 Å². The summed E-state index contributed by atoms with van der Waals surface area (Å²) in [5.41, 5.74) is 0.477. The third kappa shape index (κ3) is 6.12. The molecular formula is C21H26FN3O5S2. The number of carbonyl (C=O) groups is 1. The standard InChI is InChI=1S/C21H26FN3O5S2/c1-31(27,28)25(15-17-7-3-4-8-20(17)22)16-21(26)23-18-9-11-19(12-10-18)32(29,30)24-13-5-2-6-14-24/h3-4,7-12H,2,5-6,13-16H2,1H3,(H,23,26). The molecule has 0 spiro atoms. The van der Waals surface area contributed by atoms with Crippen LogP contribution in [0.3, 0.4) is 0 Å². The molecule has 0 radical (unpaired) electrons. The summed E-state index contributed by atoms with van der Waals surface area (Å²) in [4.78, 5) is 12.6. The van der Waals surface area contributed by atoms with Crippen molar-refractivity contribution in [3.8, 4) is 0 Å². The van der Waals surface area contributed by atoms with Crippen LogP contribution >= 0.6 is 0 Å². The van der Waals surface area contributed by atoms with E-state index < -0.39 is 38.3 Å². The Balaban J connectivity index is 1.67. The summed E-state index contributed by atoms with van der Waals surface area (Å²) in [6.07, 6.45) is 3.62. The van der Waals surface area contributed by atoms with E-state index in [4.69, 9.17) is 0 Å². The van der Waals surface area contributed by atoms with Crippen LogP contribution in [0.15, 0.2) is 53.4 Å². The van der Waals surface area contributed by atoms with Crippen LogP contribution in [0.25, 0.3) is 0 Å². The van der Waals surface area contributed by atoms with E-state index in [2.05, 4.69) is 5.32 Å². The molecule has 1 saturated heterocycles. The number of hydrogen-bond donors (Lipinski definition) is 1. The number of halogens is 1. The van der Waals surface area contributed by atoms with Gasteiger partial charge in [0.25, 0.3) is 0 Å². The van der Waals surface area contributed by atoms with E-state index in [-0.39, 0.29) is 17.0 Å². The predicted molar refractivity (Wildman–Crippen MR) is 119 cm³/mol. The van der Waals surface area contributed by atoms with Crippen LogP contribution in [-0.2, 0) is 31.4 Å². The molecule has 0 saturated carbocycles. The summed E-state index contributed by atoms with van der Waals surface area (Å²) in [5, 5.41) is 2.56. The van der Waals surface area contributed by atoms with Crippen molar-refractivity contribution in [3.05, 3.63) is 59.9 Å². The predicted octanol–water partition coefficient (Wildman–Crippen LogP) is 2.40. The lowest BCUT2D eigenvalue weighted by Gasteiger charge is -2.25. The molecule has 0 atom stereocenters. The molecule has 1 fully saturated rings. The molecule has 2 aromatic rings. The van der Waals surface area contributed by atoms with Crippen molar-refractivity contribution in [1.29, 1.82) is 0 Å². The first kappa shape index (κ1) is 24.3. The molecule has 1 amide bonds. The number of piperidine rings is 1. The molecule has 2 aromatic carbocycles. The van der Waals surface area contributed by atoms with Crippen molar-refractivity contribution >= 4 is 31.6 Å². The lowest BCUT2D eigenvalue weighted by atomic mass is 10.2. The number of nitrogens with zero attached hydrogens (tertiary/aromatic N) is 2. The molecule has 0 aromatic heterocycles. The highest BCUT2D eigenvalue weighted by Gasteiger charge is 2.26. The number of nitrogens with one attached hydrogen (secondary N) is 1. The molecular weight excluding hydrogens is 457 g/mol. The van der Waals surface area contributed by atoms with Crippen molar-refractivity contribution in [1.82, 2.24) is 8.61 Å². The Bertz CT molecular complexity index is 1160. The minimum atomic E-state index is -3.78. The van der Waals surface area contributed by atoms with Gasteiger partial charge in [-0.15, -0.1) is 0 Å². The number of benzene rings is 2. The second-order valence-electron chi connectivity index (χ2n) is 7.66. The van der Waals surface area contributed by atoms with E-state index in [1.807, 2.05) is 0 Å². The Morgan fingerprint density at radius 1 is 1.00 bits per heavy atom. The second kappa shape index (κ2) is 10.1. The van der Waals surface area contributed by atoms with Crippen molar-refractivity contribution < 1.29 is 26.0 Å². The minimum absolute atomic E-state index is 0.134. The average Bonchev–Trinajstić information content (AvgIpc) is 2.75. The second-order valence-corrected chi connectivity index (χ2v) is 11.6. The average molecular weight is 484 g/mol. The maximum absolute atomic E-state index is 13.9. The van der Waals surface area contributed by atoms with Gasteiger partial charge < -0.3 is 5.32 Å². The smallest absolute Gasteiger partial charge is 0.243 e. The number of rotatable bonds is 8. The number of carbonyl (C=O) groups excluding carboxylic acids is 1. The number of amides is 1. The van der Waals surface area contributed by atoms with Gasteiger partial charge in [-0.2, -0.15) is 8.61 Å². The lowest BCUT2D eigenvalue weighted by molar-refractivity contribution is -0.116. The first-order valence-electron chi connectivity index (χ1n) is 10.2. The van der Waals surface area contributed by atoms with Crippen LogP contribution in [0.1, 0.15) is 24.8 Å². The van der Waals surface area contributed by atoms with Crippen LogP contribution < -0.4 is 5.32 Å². The number of sulfonamides is 2. The zero-order chi connectivity index (χ0) is 23.4. The summed E-state index contributed by atoms with van der Waals surface area (Å²) in [5.74, 6) is -1.19. The van der Waals surface area contributed by atoms with Gasteiger partial charge in [-0.1, -0.05) is 24.6 Å². The summed E-state index contributed by atoms with van der Waals surface area (Å²) in [6.45, 7) is 0.182. The van der Waals surface area contributed by atoms with Gasteiger partial charge in [0.1, 0.15) is 5.82 Å². The molecule has 11 heteroatoms. The lowest BCUT2D eigenvalue weighted by Crippen LogP contribution is -2.37. The highest BCUT2D eigenvalue weighted by molar-refractivity contribution is 7.89. The maximum Gasteiger partial charge on any atom is 0.243 e.